The van der Waals surface area contributed by atoms with Crippen molar-refractivity contribution in [2.45, 2.75) is 33.2 Å². The van der Waals surface area contributed by atoms with Gasteiger partial charge in [-0.25, -0.2) is 9.37 Å². The Morgan fingerprint density at radius 1 is 1.24 bits per heavy atom. The minimum absolute atomic E-state index is 0.0548. The first-order valence-electron chi connectivity index (χ1n) is 6.81. The Bertz CT molecular complexity index is 705. The number of halogens is 1. The topological polar surface area (TPSA) is 52.0 Å². The van der Waals surface area contributed by atoms with Gasteiger partial charge < -0.3 is 0 Å². The van der Waals surface area contributed by atoms with Crippen molar-refractivity contribution in [2.75, 3.05) is 0 Å². The quantitative estimate of drug-likeness (QED) is 0.795. The van der Waals surface area contributed by atoms with Crippen LogP contribution in [0.15, 0.2) is 35.1 Å². The number of aryl methyl sites for hydroxylation is 2. The number of rotatable bonds is 5. The molecular weight excluding hydrogens is 271 g/mol. The van der Waals surface area contributed by atoms with Crippen molar-refractivity contribution in [1.82, 2.24) is 9.55 Å². The standard InChI is InChI=1S/C16H17FN2O2/c1-11-10-16(21)19(12(2)18-11)9-3-4-15(20)13-5-7-14(17)8-6-13/h5-8,10H,3-4,9H2,1-2H3. The molecule has 1 aromatic carbocycles. The van der Waals surface area contributed by atoms with E-state index < -0.39 is 0 Å². The number of nitrogens with zero attached hydrogens (tertiary/aromatic N) is 2. The minimum atomic E-state index is -0.362. The number of benzene rings is 1. The van der Waals surface area contributed by atoms with Gasteiger partial charge in [-0.2, -0.15) is 0 Å². The van der Waals surface area contributed by atoms with Crippen LogP contribution in [0.25, 0.3) is 0 Å². The molecule has 2 rings (SSSR count). The van der Waals surface area contributed by atoms with Gasteiger partial charge in [-0.3, -0.25) is 14.2 Å². The first-order chi connectivity index (χ1) is 9.97. The monoisotopic (exact) mass is 288 g/mol. The second-order valence-electron chi connectivity index (χ2n) is 4.97. The summed E-state index contributed by atoms with van der Waals surface area (Å²) in [6.45, 7) is 4.00. The normalized spacial score (nSPS) is 10.6. The van der Waals surface area contributed by atoms with E-state index in [1.807, 2.05) is 0 Å². The molecule has 1 heterocycles. The molecule has 2 aromatic rings. The molecule has 0 fully saturated rings. The maximum Gasteiger partial charge on any atom is 0.253 e. The predicted molar refractivity (Wildman–Crippen MR) is 77.9 cm³/mol. The van der Waals surface area contributed by atoms with Crippen molar-refractivity contribution in [3.63, 3.8) is 0 Å². The lowest BCUT2D eigenvalue weighted by atomic mass is 10.1. The van der Waals surface area contributed by atoms with Crippen LogP contribution in [0.2, 0.25) is 0 Å². The summed E-state index contributed by atoms with van der Waals surface area (Å²) in [6, 6.07) is 6.97. The number of Topliss-reactive ketones (excluding diaryl/α,β-unsaturated/α-hetero) is 1. The maximum absolute atomic E-state index is 12.8. The molecule has 0 amide bonds. The number of carbonyl (C=O) groups excluding carboxylic acids is 1. The molecule has 0 radical (unpaired) electrons. The average Bonchev–Trinajstić information content (AvgIpc) is 2.42. The lowest BCUT2D eigenvalue weighted by molar-refractivity contribution is 0.0978. The molecule has 0 aliphatic heterocycles. The first kappa shape index (κ1) is 15.1. The molecule has 110 valence electrons. The Kier molecular flexibility index (Phi) is 4.62. The number of carbonyl (C=O) groups is 1. The second kappa shape index (κ2) is 6.43. The van der Waals surface area contributed by atoms with Crippen LogP contribution >= 0.6 is 0 Å². The van der Waals surface area contributed by atoms with Gasteiger partial charge in [-0.05, 0) is 44.5 Å². The van der Waals surface area contributed by atoms with Gasteiger partial charge in [0, 0.05) is 30.3 Å². The smallest absolute Gasteiger partial charge is 0.253 e. The van der Waals surface area contributed by atoms with Gasteiger partial charge in [-0.15, -0.1) is 0 Å². The molecule has 0 atom stereocenters. The van der Waals surface area contributed by atoms with Crippen molar-refractivity contribution < 1.29 is 9.18 Å². The van der Waals surface area contributed by atoms with Gasteiger partial charge in [0.2, 0.25) is 0 Å². The van der Waals surface area contributed by atoms with Crippen molar-refractivity contribution in [3.05, 3.63) is 63.6 Å². The predicted octanol–water partition coefficient (Wildman–Crippen LogP) is 2.66. The highest BCUT2D eigenvalue weighted by Crippen LogP contribution is 2.08. The van der Waals surface area contributed by atoms with Crippen LogP contribution in [0.1, 0.15) is 34.7 Å². The van der Waals surface area contributed by atoms with E-state index in [2.05, 4.69) is 4.98 Å². The van der Waals surface area contributed by atoms with E-state index in [9.17, 15) is 14.0 Å². The molecule has 0 bridgehead atoms. The fourth-order valence-electron chi connectivity index (χ4n) is 2.21. The van der Waals surface area contributed by atoms with E-state index >= 15 is 0 Å². The Balaban J connectivity index is 1.97. The molecule has 0 N–H and O–H groups in total. The van der Waals surface area contributed by atoms with Crippen LogP contribution in [0.4, 0.5) is 4.39 Å². The van der Waals surface area contributed by atoms with E-state index in [4.69, 9.17) is 0 Å². The summed E-state index contributed by atoms with van der Waals surface area (Å²) in [7, 11) is 0. The Hall–Kier alpha value is -2.30. The fourth-order valence-corrected chi connectivity index (χ4v) is 2.21. The van der Waals surface area contributed by atoms with E-state index in [0.717, 1.165) is 0 Å². The highest BCUT2D eigenvalue weighted by molar-refractivity contribution is 5.95. The zero-order valence-corrected chi connectivity index (χ0v) is 12.1. The van der Waals surface area contributed by atoms with Crippen molar-refractivity contribution in [2.24, 2.45) is 0 Å². The molecule has 0 unspecified atom stereocenters. The van der Waals surface area contributed by atoms with E-state index in [1.165, 1.54) is 30.3 Å². The van der Waals surface area contributed by atoms with Crippen LogP contribution in [-0.2, 0) is 6.54 Å². The molecule has 21 heavy (non-hydrogen) atoms. The average molecular weight is 288 g/mol. The summed E-state index contributed by atoms with van der Waals surface area (Å²) in [5.41, 5.74) is 1.08. The second-order valence-corrected chi connectivity index (χ2v) is 4.97. The van der Waals surface area contributed by atoms with Crippen LogP contribution in [-0.4, -0.2) is 15.3 Å². The third kappa shape index (κ3) is 3.84. The van der Waals surface area contributed by atoms with Crippen molar-refractivity contribution >= 4 is 5.78 Å². The molecule has 4 nitrogen and oxygen atoms in total. The molecule has 0 spiro atoms. The van der Waals surface area contributed by atoms with Gasteiger partial charge in [0.15, 0.2) is 5.78 Å². The maximum atomic E-state index is 12.8. The number of hydrogen-bond donors (Lipinski definition) is 0. The lowest BCUT2D eigenvalue weighted by Gasteiger charge is -2.09. The number of ketones is 1. The first-order valence-corrected chi connectivity index (χ1v) is 6.81. The van der Waals surface area contributed by atoms with E-state index in [-0.39, 0.29) is 17.2 Å². The SMILES string of the molecule is Cc1cc(=O)n(CCCC(=O)c2ccc(F)cc2)c(C)n1. The summed E-state index contributed by atoms with van der Waals surface area (Å²) in [5, 5.41) is 0. The highest BCUT2D eigenvalue weighted by atomic mass is 19.1. The van der Waals surface area contributed by atoms with Crippen LogP contribution in [0, 0.1) is 19.7 Å². The Morgan fingerprint density at radius 2 is 1.90 bits per heavy atom. The molecule has 0 aliphatic carbocycles. The highest BCUT2D eigenvalue weighted by Gasteiger charge is 2.07. The third-order valence-electron chi connectivity index (χ3n) is 3.28. The minimum Gasteiger partial charge on any atom is -0.297 e. The van der Waals surface area contributed by atoms with Crippen LogP contribution in [0.5, 0.6) is 0 Å². The molecular formula is C16H17FN2O2. The number of aromatic nitrogens is 2. The van der Waals surface area contributed by atoms with Gasteiger partial charge in [0.1, 0.15) is 11.6 Å². The zero-order chi connectivity index (χ0) is 15.4. The summed E-state index contributed by atoms with van der Waals surface area (Å²) in [5.74, 6) is 0.231. The van der Waals surface area contributed by atoms with Gasteiger partial charge >= 0.3 is 0 Å². The van der Waals surface area contributed by atoms with Gasteiger partial charge in [0.05, 0.1) is 0 Å². The van der Waals surface area contributed by atoms with Gasteiger partial charge in [-0.1, -0.05) is 0 Å². The number of hydrogen-bond acceptors (Lipinski definition) is 3. The fraction of sp³-hybridized carbons (Fsp3) is 0.312. The summed E-state index contributed by atoms with van der Waals surface area (Å²) >= 11 is 0. The zero-order valence-electron chi connectivity index (χ0n) is 12.1. The molecule has 0 saturated heterocycles. The van der Waals surface area contributed by atoms with Crippen LogP contribution < -0.4 is 5.56 Å². The van der Waals surface area contributed by atoms with Crippen molar-refractivity contribution in [1.29, 1.82) is 0 Å². The van der Waals surface area contributed by atoms with E-state index in [0.29, 0.717) is 36.5 Å². The van der Waals surface area contributed by atoms with E-state index in [1.54, 1.807) is 18.4 Å². The molecule has 5 heteroatoms. The summed E-state index contributed by atoms with van der Waals surface area (Å²) in [4.78, 5) is 28.0. The molecule has 0 saturated carbocycles. The van der Waals surface area contributed by atoms with Crippen LogP contribution in [0.3, 0.4) is 0 Å². The summed E-state index contributed by atoms with van der Waals surface area (Å²) in [6.07, 6.45) is 0.854. The molecule has 0 aliphatic rings. The largest absolute Gasteiger partial charge is 0.297 e. The lowest BCUT2D eigenvalue weighted by Crippen LogP contribution is -2.23. The van der Waals surface area contributed by atoms with Crippen molar-refractivity contribution in [3.8, 4) is 0 Å². The Labute approximate surface area is 122 Å². The summed E-state index contributed by atoms with van der Waals surface area (Å²) < 4.78 is 14.3. The van der Waals surface area contributed by atoms with Gasteiger partial charge in [0.25, 0.3) is 5.56 Å². The third-order valence-corrected chi connectivity index (χ3v) is 3.28. The Morgan fingerprint density at radius 3 is 2.52 bits per heavy atom. The molecule has 1 aromatic heterocycles.